The Balaban J connectivity index is 2.74. The highest BCUT2D eigenvalue weighted by Crippen LogP contribution is 2.29. The molecule has 3 nitrogen and oxygen atoms in total. The highest BCUT2D eigenvalue weighted by Gasteiger charge is 2.13. The molecule has 0 atom stereocenters. The van der Waals surface area contributed by atoms with Gasteiger partial charge in [0.1, 0.15) is 0 Å². The normalized spacial score (nSPS) is 11.4. The molecule has 0 aliphatic rings. The Morgan fingerprint density at radius 3 is 2.11 bits per heavy atom. The van der Waals surface area contributed by atoms with Gasteiger partial charge in [-0.3, -0.25) is 0 Å². The number of ether oxygens (including phenoxy) is 1. The number of rotatable bonds is 7. The Morgan fingerprint density at radius 1 is 1.11 bits per heavy atom. The SMILES string of the molecule is COc1ccc(NC(CC(C)C)CC(C)C)cc1O. The van der Waals surface area contributed by atoms with Crippen LogP contribution < -0.4 is 10.1 Å². The molecule has 19 heavy (non-hydrogen) atoms. The number of hydrogen-bond donors (Lipinski definition) is 2. The van der Waals surface area contributed by atoms with Crippen molar-refractivity contribution in [2.75, 3.05) is 12.4 Å². The Morgan fingerprint density at radius 2 is 1.68 bits per heavy atom. The summed E-state index contributed by atoms with van der Waals surface area (Å²) < 4.78 is 5.06. The van der Waals surface area contributed by atoms with Crippen LogP contribution in [0.15, 0.2) is 18.2 Å². The molecule has 0 amide bonds. The molecule has 0 aliphatic heterocycles. The Hall–Kier alpha value is -1.38. The summed E-state index contributed by atoms with van der Waals surface area (Å²) in [6.07, 6.45) is 2.26. The summed E-state index contributed by atoms with van der Waals surface area (Å²) in [6.45, 7) is 8.95. The maximum Gasteiger partial charge on any atom is 0.160 e. The monoisotopic (exact) mass is 265 g/mol. The van der Waals surface area contributed by atoms with E-state index in [1.807, 2.05) is 6.07 Å². The molecule has 0 aliphatic carbocycles. The molecule has 108 valence electrons. The van der Waals surface area contributed by atoms with Crippen LogP contribution in [0.1, 0.15) is 40.5 Å². The van der Waals surface area contributed by atoms with E-state index in [-0.39, 0.29) is 5.75 Å². The van der Waals surface area contributed by atoms with Crippen molar-refractivity contribution in [3.8, 4) is 11.5 Å². The van der Waals surface area contributed by atoms with Crippen molar-refractivity contribution in [3.63, 3.8) is 0 Å². The number of benzene rings is 1. The molecule has 0 radical (unpaired) electrons. The quantitative estimate of drug-likeness (QED) is 0.773. The third kappa shape index (κ3) is 5.41. The first-order valence-electron chi connectivity index (χ1n) is 7.06. The molecular formula is C16H27NO2. The molecule has 0 fully saturated rings. The average Bonchev–Trinajstić information content (AvgIpc) is 2.27. The van der Waals surface area contributed by atoms with Crippen LogP contribution in [0.4, 0.5) is 5.69 Å². The fraction of sp³-hybridized carbons (Fsp3) is 0.625. The van der Waals surface area contributed by atoms with Crippen molar-refractivity contribution < 1.29 is 9.84 Å². The maximum absolute atomic E-state index is 9.80. The number of hydrogen-bond acceptors (Lipinski definition) is 3. The number of phenolic OH excluding ortho intramolecular Hbond substituents is 1. The van der Waals surface area contributed by atoms with E-state index in [0.717, 1.165) is 18.5 Å². The molecular weight excluding hydrogens is 238 g/mol. The smallest absolute Gasteiger partial charge is 0.160 e. The molecule has 1 rings (SSSR count). The summed E-state index contributed by atoms with van der Waals surface area (Å²) in [4.78, 5) is 0. The van der Waals surface area contributed by atoms with Gasteiger partial charge in [0.25, 0.3) is 0 Å². The van der Waals surface area contributed by atoms with Crippen LogP contribution in [-0.2, 0) is 0 Å². The molecule has 0 saturated heterocycles. The zero-order chi connectivity index (χ0) is 14.4. The van der Waals surface area contributed by atoms with Crippen LogP contribution in [0.25, 0.3) is 0 Å². The Kier molecular flexibility index (Phi) is 6.00. The molecule has 0 unspecified atom stereocenters. The Labute approximate surface area is 117 Å². The van der Waals surface area contributed by atoms with E-state index in [4.69, 9.17) is 4.74 Å². The van der Waals surface area contributed by atoms with Crippen LogP contribution in [0, 0.1) is 11.8 Å². The van der Waals surface area contributed by atoms with E-state index in [2.05, 4.69) is 33.0 Å². The molecule has 2 N–H and O–H groups in total. The minimum absolute atomic E-state index is 0.181. The number of anilines is 1. The molecule has 0 bridgehead atoms. The van der Waals surface area contributed by atoms with Gasteiger partial charge in [-0.25, -0.2) is 0 Å². The van der Waals surface area contributed by atoms with Crippen molar-refractivity contribution in [1.29, 1.82) is 0 Å². The topological polar surface area (TPSA) is 41.5 Å². The Bertz CT molecular complexity index is 378. The molecule has 0 spiro atoms. The highest BCUT2D eigenvalue weighted by atomic mass is 16.5. The lowest BCUT2D eigenvalue weighted by Gasteiger charge is -2.23. The highest BCUT2D eigenvalue weighted by molar-refractivity contribution is 5.54. The third-order valence-electron chi connectivity index (χ3n) is 3.06. The van der Waals surface area contributed by atoms with Gasteiger partial charge in [-0.05, 0) is 36.8 Å². The van der Waals surface area contributed by atoms with E-state index in [0.29, 0.717) is 23.6 Å². The minimum Gasteiger partial charge on any atom is -0.504 e. The average molecular weight is 265 g/mol. The number of phenols is 1. The van der Waals surface area contributed by atoms with Gasteiger partial charge < -0.3 is 15.2 Å². The summed E-state index contributed by atoms with van der Waals surface area (Å²) in [5.74, 6) is 2.00. The second kappa shape index (κ2) is 7.27. The van der Waals surface area contributed by atoms with Gasteiger partial charge in [0.2, 0.25) is 0 Å². The van der Waals surface area contributed by atoms with E-state index >= 15 is 0 Å². The number of nitrogens with one attached hydrogen (secondary N) is 1. The molecule has 0 aromatic heterocycles. The fourth-order valence-electron chi connectivity index (χ4n) is 2.37. The largest absolute Gasteiger partial charge is 0.504 e. The van der Waals surface area contributed by atoms with E-state index in [9.17, 15) is 5.11 Å². The van der Waals surface area contributed by atoms with Gasteiger partial charge >= 0.3 is 0 Å². The molecule has 1 aromatic carbocycles. The van der Waals surface area contributed by atoms with Crippen LogP contribution >= 0.6 is 0 Å². The zero-order valence-electron chi connectivity index (χ0n) is 12.7. The van der Waals surface area contributed by atoms with Crippen molar-refractivity contribution in [1.82, 2.24) is 0 Å². The first kappa shape index (κ1) is 15.7. The van der Waals surface area contributed by atoms with E-state index in [1.165, 1.54) is 0 Å². The van der Waals surface area contributed by atoms with Crippen LogP contribution in [0.2, 0.25) is 0 Å². The summed E-state index contributed by atoms with van der Waals surface area (Å²) in [5, 5.41) is 13.3. The van der Waals surface area contributed by atoms with Crippen molar-refractivity contribution in [2.45, 2.75) is 46.6 Å². The predicted octanol–water partition coefficient (Wildman–Crippen LogP) is 4.27. The molecule has 1 aromatic rings. The predicted molar refractivity (Wildman–Crippen MR) is 81.0 cm³/mol. The first-order valence-corrected chi connectivity index (χ1v) is 7.06. The number of methoxy groups -OCH3 is 1. The molecule has 3 heteroatoms. The van der Waals surface area contributed by atoms with Crippen molar-refractivity contribution in [3.05, 3.63) is 18.2 Å². The van der Waals surface area contributed by atoms with Crippen LogP contribution in [0.5, 0.6) is 11.5 Å². The summed E-state index contributed by atoms with van der Waals surface area (Å²) in [5.41, 5.74) is 0.949. The standard InChI is InChI=1S/C16H27NO2/c1-11(2)8-14(9-12(3)4)17-13-6-7-16(19-5)15(18)10-13/h6-7,10-12,14,17-18H,8-9H2,1-5H3. The first-order chi connectivity index (χ1) is 8.92. The molecule has 0 saturated carbocycles. The zero-order valence-corrected chi connectivity index (χ0v) is 12.7. The lowest BCUT2D eigenvalue weighted by molar-refractivity contribution is 0.373. The van der Waals surface area contributed by atoms with Crippen molar-refractivity contribution >= 4 is 5.69 Å². The third-order valence-corrected chi connectivity index (χ3v) is 3.06. The molecule has 0 heterocycles. The van der Waals surface area contributed by atoms with Gasteiger partial charge in [-0.2, -0.15) is 0 Å². The summed E-state index contributed by atoms with van der Waals surface area (Å²) >= 11 is 0. The number of aromatic hydroxyl groups is 1. The summed E-state index contributed by atoms with van der Waals surface area (Å²) in [6, 6.07) is 5.91. The van der Waals surface area contributed by atoms with Crippen LogP contribution in [-0.4, -0.2) is 18.3 Å². The lowest BCUT2D eigenvalue weighted by atomic mass is 9.95. The fourth-order valence-corrected chi connectivity index (χ4v) is 2.37. The van der Waals surface area contributed by atoms with Gasteiger partial charge in [-0.1, -0.05) is 27.7 Å². The second-order valence-electron chi connectivity index (χ2n) is 5.99. The maximum atomic E-state index is 9.80. The second-order valence-corrected chi connectivity index (χ2v) is 5.99. The van der Waals surface area contributed by atoms with Crippen molar-refractivity contribution in [2.24, 2.45) is 11.8 Å². The van der Waals surface area contributed by atoms with Gasteiger partial charge in [0, 0.05) is 17.8 Å². The van der Waals surface area contributed by atoms with E-state index < -0.39 is 0 Å². The summed E-state index contributed by atoms with van der Waals surface area (Å²) in [7, 11) is 1.56. The lowest BCUT2D eigenvalue weighted by Crippen LogP contribution is -2.23. The van der Waals surface area contributed by atoms with Crippen LogP contribution in [0.3, 0.4) is 0 Å². The van der Waals surface area contributed by atoms with Gasteiger partial charge in [-0.15, -0.1) is 0 Å². The minimum atomic E-state index is 0.181. The van der Waals surface area contributed by atoms with Gasteiger partial charge in [0.15, 0.2) is 11.5 Å². The van der Waals surface area contributed by atoms with Gasteiger partial charge in [0.05, 0.1) is 7.11 Å². The van der Waals surface area contributed by atoms with E-state index in [1.54, 1.807) is 19.2 Å².